The van der Waals surface area contributed by atoms with E-state index in [4.69, 9.17) is 4.74 Å². The Balaban J connectivity index is 2.00. The second-order valence-electron chi connectivity index (χ2n) is 5.35. The largest absolute Gasteiger partial charge is 0.383 e. The zero-order chi connectivity index (χ0) is 15.5. The lowest BCUT2D eigenvalue weighted by molar-refractivity contribution is 0.190. The van der Waals surface area contributed by atoms with Crippen LogP contribution in [0.2, 0.25) is 0 Å². The molecule has 0 aliphatic rings. The minimum atomic E-state index is 0.158. The first-order valence-electron chi connectivity index (χ1n) is 7.20. The standard InChI is InChI=1S/C16H19N5O/c1-11-4-6-13(7-5-11)21-16-14(8-19-21)15(17-10-18-16)20-12(2)9-22-3/h4-8,10,12H,9H2,1-3H3,(H,17,18,20). The van der Waals surface area contributed by atoms with Crippen molar-refractivity contribution in [2.45, 2.75) is 19.9 Å². The van der Waals surface area contributed by atoms with Crippen molar-refractivity contribution in [2.75, 3.05) is 19.0 Å². The Hall–Kier alpha value is -2.47. The third kappa shape index (κ3) is 2.78. The molecule has 114 valence electrons. The number of nitrogens with one attached hydrogen (secondary N) is 1. The predicted octanol–water partition coefficient (Wildman–Crippen LogP) is 2.57. The van der Waals surface area contributed by atoms with Crippen molar-refractivity contribution in [3.05, 3.63) is 42.4 Å². The highest BCUT2D eigenvalue weighted by Gasteiger charge is 2.12. The van der Waals surface area contributed by atoms with Crippen molar-refractivity contribution in [1.29, 1.82) is 0 Å². The van der Waals surface area contributed by atoms with Gasteiger partial charge in [-0.15, -0.1) is 0 Å². The topological polar surface area (TPSA) is 64.9 Å². The van der Waals surface area contributed by atoms with Crippen LogP contribution < -0.4 is 5.32 Å². The van der Waals surface area contributed by atoms with Crippen molar-refractivity contribution in [3.63, 3.8) is 0 Å². The molecule has 0 aliphatic carbocycles. The summed E-state index contributed by atoms with van der Waals surface area (Å²) in [5, 5.41) is 8.68. The van der Waals surface area contributed by atoms with Crippen LogP contribution in [0.15, 0.2) is 36.8 Å². The van der Waals surface area contributed by atoms with Gasteiger partial charge in [0.1, 0.15) is 12.1 Å². The number of aromatic nitrogens is 4. The average Bonchev–Trinajstić information content (AvgIpc) is 2.93. The zero-order valence-corrected chi connectivity index (χ0v) is 12.9. The third-order valence-corrected chi connectivity index (χ3v) is 3.44. The van der Waals surface area contributed by atoms with Gasteiger partial charge in [-0.1, -0.05) is 17.7 Å². The summed E-state index contributed by atoms with van der Waals surface area (Å²) in [7, 11) is 1.68. The normalized spacial score (nSPS) is 12.5. The molecular formula is C16H19N5O. The molecular weight excluding hydrogens is 278 g/mol. The minimum Gasteiger partial charge on any atom is -0.383 e. The zero-order valence-electron chi connectivity index (χ0n) is 12.9. The van der Waals surface area contributed by atoms with Gasteiger partial charge in [-0.3, -0.25) is 0 Å². The molecule has 1 atom stereocenters. The van der Waals surface area contributed by atoms with E-state index in [0.29, 0.717) is 6.61 Å². The molecule has 0 radical (unpaired) electrons. The summed E-state index contributed by atoms with van der Waals surface area (Å²) < 4.78 is 6.97. The summed E-state index contributed by atoms with van der Waals surface area (Å²) in [5.74, 6) is 0.771. The number of fused-ring (bicyclic) bond motifs is 1. The highest BCUT2D eigenvalue weighted by molar-refractivity contribution is 5.87. The smallest absolute Gasteiger partial charge is 0.168 e. The summed E-state index contributed by atoms with van der Waals surface area (Å²) in [6.45, 7) is 4.71. The van der Waals surface area contributed by atoms with Gasteiger partial charge >= 0.3 is 0 Å². The van der Waals surface area contributed by atoms with Crippen LogP contribution in [0.5, 0.6) is 0 Å². The second-order valence-corrected chi connectivity index (χ2v) is 5.35. The molecule has 3 rings (SSSR count). The van der Waals surface area contributed by atoms with Gasteiger partial charge in [0.2, 0.25) is 0 Å². The summed E-state index contributed by atoms with van der Waals surface area (Å²) in [4.78, 5) is 8.69. The quantitative estimate of drug-likeness (QED) is 0.784. The van der Waals surface area contributed by atoms with Gasteiger partial charge in [0.05, 0.1) is 23.9 Å². The van der Waals surface area contributed by atoms with E-state index < -0.39 is 0 Å². The maximum atomic E-state index is 5.15. The van der Waals surface area contributed by atoms with Crippen LogP contribution in [-0.4, -0.2) is 39.5 Å². The van der Waals surface area contributed by atoms with Crippen molar-refractivity contribution < 1.29 is 4.74 Å². The number of anilines is 1. The molecule has 2 aromatic heterocycles. The summed E-state index contributed by atoms with van der Waals surface area (Å²) in [5.41, 5.74) is 2.98. The van der Waals surface area contributed by atoms with Crippen LogP contribution in [0.3, 0.4) is 0 Å². The molecule has 6 heteroatoms. The SMILES string of the molecule is COCC(C)Nc1ncnc2c1cnn2-c1ccc(C)cc1. The maximum absolute atomic E-state index is 5.15. The van der Waals surface area contributed by atoms with E-state index in [2.05, 4.69) is 39.4 Å². The number of rotatable bonds is 5. The molecule has 6 nitrogen and oxygen atoms in total. The lowest BCUT2D eigenvalue weighted by atomic mass is 10.2. The lowest BCUT2D eigenvalue weighted by Gasteiger charge is -2.13. The Bertz CT molecular complexity index is 766. The van der Waals surface area contributed by atoms with E-state index in [1.165, 1.54) is 5.56 Å². The number of hydrogen-bond donors (Lipinski definition) is 1. The molecule has 0 saturated carbocycles. The van der Waals surface area contributed by atoms with E-state index in [9.17, 15) is 0 Å². The molecule has 0 amide bonds. The van der Waals surface area contributed by atoms with Gasteiger partial charge in [0.25, 0.3) is 0 Å². The van der Waals surface area contributed by atoms with Gasteiger partial charge in [0.15, 0.2) is 5.65 Å². The number of nitrogens with zero attached hydrogens (tertiary/aromatic N) is 4. The Morgan fingerprint density at radius 1 is 1.23 bits per heavy atom. The molecule has 1 N–H and O–H groups in total. The van der Waals surface area contributed by atoms with E-state index >= 15 is 0 Å². The van der Waals surface area contributed by atoms with E-state index in [1.807, 2.05) is 23.7 Å². The van der Waals surface area contributed by atoms with E-state index in [1.54, 1.807) is 19.6 Å². The minimum absolute atomic E-state index is 0.158. The number of benzene rings is 1. The van der Waals surface area contributed by atoms with Gasteiger partial charge in [-0.2, -0.15) is 5.10 Å². The first-order valence-corrected chi connectivity index (χ1v) is 7.20. The first kappa shape index (κ1) is 14.5. The van der Waals surface area contributed by atoms with Gasteiger partial charge in [-0.25, -0.2) is 14.6 Å². The third-order valence-electron chi connectivity index (χ3n) is 3.44. The Labute approximate surface area is 129 Å². The Morgan fingerprint density at radius 2 is 2.00 bits per heavy atom. The summed E-state index contributed by atoms with van der Waals surface area (Å²) >= 11 is 0. The van der Waals surface area contributed by atoms with E-state index in [0.717, 1.165) is 22.5 Å². The first-order chi connectivity index (χ1) is 10.7. The molecule has 0 bridgehead atoms. The van der Waals surface area contributed by atoms with Crippen LogP contribution in [0, 0.1) is 6.92 Å². The van der Waals surface area contributed by atoms with Gasteiger partial charge < -0.3 is 10.1 Å². The molecule has 3 aromatic rings. The Morgan fingerprint density at radius 3 is 2.73 bits per heavy atom. The fourth-order valence-electron chi connectivity index (χ4n) is 2.36. The van der Waals surface area contributed by atoms with Crippen molar-refractivity contribution in [1.82, 2.24) is 19.7 Å². The van der Waals surface area contributed by atoms with Crippen molar-refractivity contribution in [2.24, 2.45) is 0 Å². The number of ether oxygens (including phenoxy) is 1. The molecule has 0 aliphatic heterocycles. The second kappa shape index (κ2) is 6.11. The van der Waals surface area contributed by atoms with Crippen molar-refractivity contribution >= 4 is 16.9 Å². The summed E-state index contributed by atoms with van der Waals surface area (Å²) in [6.07, 6.45) is 3.34. The molecule has 0 fully saturated rings. The van der Waals surface area contributed by atoms with Crippen LogP contribution in [-0.2, 0) is 4.74 Å². The fourth-order valence-corrected chi connectivity index (χ4v) is 2.36. The predicted molar refractivity (Wildman–Crippen MR) is 86.4 cm³/mol. The van der Waals surface area contributed by atoms with Crippen LogP contribution in [0.25, 0.3) is 16.7 Å². The van der Waals surface area contributed by atoms with Crippen LogP contribution in [0.4, 0.5) is 5.82 Å². The lowest BCUT2D eigenvalue weighted by Crippen LogP contribution is -2.21. The highest BCUT2D eigenvalue weighted by Crippen LogP contribution is 2.22. The molecule has 22 heavy (non-hydrogen) atoms. The number of hydrogen-bond acceptors (Lipinski definition) is 5. The molecule has 1 aromatic carbocycles. The van der Waals surface area contributed by atoms with Gasteiger partial charge in [0, 0.05) is 13.2 Å². The Kier molecular flexibility index (Phi) is 4.02. The maximum Gasteiger partial charge on any atom is 0.168 e. The molecule has 1 unspecified atom stereocenters. The summed E-state index contributed by atoms with van der Waals surface area (Å²) in [6, 6.07) is 8.34. The fraction of sp³-hybridized carbons (Fsp3) is 0.312. The van der Waals surface area contributed by atoms with E-state index in [-0.39, 0.29) is 6.04 Å². The highest BCUT2D eigenvalue weighted by atomic mass is 16.5. The molecule has 0 spiro atoms. The monoisotopic (exact) mass is 297 g/mol. The van der Waals surface area contributed by atoms with Crippen molar-refractivity contribution in [3.8, 4) is 5.69 Å². The van der Waals surface area contributed by atoms with Crippen LogP contribution in [0.1, 0.15) is 12.5 Å². The number of methoxy groups -OCH3 is 1. The molecule has 0 saturated heterocycles. The van der Waals surface area contributed by atoms with Crippen LogP contribution >= 0.6 is 0 Å². The average molecular weight is 297 g/mol. The number of aryl methyl sites for hydroxylation is 1. The van der Waals surface area contributed by atoms with Gasteiger partial charge in [-0.05, 0) is 26.0 Å². The molecule has 2 heterocycles.